The molecule has 0 heterocycles. The largest absolute Gasteiger partial charge is 0.352 e. The van der Waals surface area contributed by atoms with Crippen LogP contribution < -0.4 is 9.62 Å². The summed E-state index contributed by atoms with van der Waals surface area (Å²) in [6.45, 7) is 3.37. The number of rotatable bonds is 6. The van der Waals surface area contributed by atoms with Crippen molar-refractivity contribution in [3.8, 4) is 0 Å². The van der Waals surface area contributed by atoms with Crippen LogP contribution >= 0.6 is 15.9 Å². The van der Waals surface area contributed by atoms with E-state index in [0.29, 0.717) is 5.69 Å². The fourth-order valence-electron chi connectivity index (χ4n) is 2.14. The summed E-state index contributed by atoms with van der Waals surface area (Å²) < 4.78 is 27.9. The zero-order valence-corrected chi connectivity index (χ0v) is 15.8. The molecular formula is C17H19BrN2O3S. The van der Waals surface area contributed by atoms with E-state index in [9.17, 15) is 13.2 Å². The molecule has 0 atom stereocenters. The van der Waals surface area contributed by atoms with Gasteiger partial charge in [-0.25, -0.2) is 8.42 Å². The van der Waals surface area contributed by atoms with Gasteiger partial charge in [0.1, 0.15) is 6.54 Å². The third-order valence-corrected chi connectivity index (χ3v) is 5.50. The van der Waals surface area contributed by atoms with Crippen LogP contribution in [0.4, 0.5) is 5.69 Å². The SMILES string of the molecule is CC(C)NC(=O)CN(c1ccc(Br)cc1)S(=O)(=O)c1ccccc1. The second-order valence-corrected chi connectivity index (χ2v) is 8.30. The Morgan fingerprint density at radius 2 is 1.67 bits per heavy atom. The quantitative estimate of drug-likeness (QED) is 0.794. The third-order valence-electron chi connectivity index (χ3n) is 3.18. The first kappa shape index (κ1) is 18.5. The van der Waals surface area contributed by atoms with Crippen molar-refractivity contribution in [1.29, 1.82) is 0 Å². The highest BCUT2D eigenvalue weighted by Crippen LogP contribution is 2.25. The highest BCUT2D eigenvalue weighted by Gasteiger charge is 2.27. The smallest absolute Gasteiger partial charge is 0.264 e. The number of carbonyl (C=O) groups is 1. The van der Waals surface area contributed by atoms with Gasteiger partial charge in [-0.3, -0.25) is 9.10 Å². The molecule has 0 aromatic heterocycles. The number of anilines is 1. The van der Waals surface area contributed by atoms with Crippen LogP contribution in [0.1, 0.15) is 13.8 Å². The predicted molar refractivity (Wildman–Crippen MR) is 98.4 cm³/mol. The Balaban J connectivity index is 2.42. The van der Waals surface area contributed by atoms with E-state index in [-0.39, 0.29) is 23.4 Å². The van der Waals surface area contributed by atoms with Crippen molar-refractivity contribution in [3.63, 3.8) is 0 Å². The van der Waals surface area contributed by atoms with Crippen molar-refractivity contribution in [1.82, 2.24) is 5.32 Å². The standard InChI is InChI=1S/C17H19BrN2O3S/c1-13(2)19-17(21)12-20(15-10-8-14(18)9-11-15)24(22,23)16-6-4-3-5-7-16/h3-11,13H,12H2,1-2H3,(H,19,21). The fraction of sp³-hybridized carbons (Fsp3) is 0.235. The first-order chi connectivity index (χ1) is 11.3. The summed E-state index contributed by atoms with van der Waals surface area (Å²) in [5.74, 6) is -0.354. The van der Waals surface area contributed by atoms with Crippen LogP contribution in [0.2, 0.25) is 0 Å². The minimum atomic E-state index is -3.84. The lowest BCUT2D eigenvalue weighted by atomic mass is 10.3. The number of hydrogen-bond donors (Lipinski definition) is 1. The number of amides is 1. The number of halogens is 1. The van der Waals surface area contributed by atoms with Gasteiger partial charge in [-0.1, -0.05) is 34.1 Å². The lowest BCUT2D eigenvalue weighted by Gasteiger charge is -2.24. The molecule has 7 heteroatoms. The zero-order chi connectivity index (χ0) is 17.7. The van der Waals surface area contributed by atoms with Gasteiger partial charge in [-0.15, -0.1) is 0 Å². The molecule has 0 saturated carbocycles. The minimum absolute atomic E-state index is 0.0660. The number of nitrogens with one attached hydrogen (secondary N) is 1. The molecule has 2 aromatic carbocycles. The lowest BCUT2D eigenvalue weighted by Crippen LogP contribution is -2.42. The molecule has 0 unspecified atom stereocenters. The van der Waals surface area contributed by atoms with E-state index in [2.05, 4.69) is 21.2 Å². The van der Waals surface area contributed by atoms with Gasteiger partial charge < -0.3 is 5.32 Å². The highest BCUT2D eigenvalue weighted by atomic mass is 79.9. The molecule has 1 amide bonds. The lowest BCUT2D eigenvalue weighted by molar-refractivity contribution is -0.120. The monoisotopic (exact) mass is 410 g/mol. The summed E-state index contributed by atoms with van der Waals surface area (Å²) in [5.41, 5.74) is 0.431. The van der Waals surface area contributed by atoms with E-state index in [1.54, 1.807) is 42.5 Å². The minimum Gasteiger partial charge on any atom is -0.352 e. The molecule has 1 N–H and O–H groups in total. The Morgan fingerprint density at radius 1 is 1.08 bits per heavy atom. The van der Waals surface area contributed by atoms with Crippen LogP contribution in [-0.2, 0) is 14.8 Å². The normalized spacial score (nSPS) is 11.3. The molecule has 0 aliphatic rings. The van der Waals surface area contributed by atoms with Gasteiger partial charge in [0.15, 0.2) is 0 Å². The number of benzene rings is 2. The molecule has 0 radical (unpaired) electrons. The van der Waals surface area contributed by atoms with Crippen molar-refractivity contribution >= 4 is 37.5 Å². The predicted octanol–water partition coefficient (Wildman–Crippen LogP) is 3.17. The molecule has 0 fully saturated rings. The van der Waals surface area contributed by atoms with Gasteiger partial charge in [-0.2, -0.15) is 0 Å². The molecule has 2 aromatic rings. The van der Waals surface area contributed by atoms with Gasteiger partial charge in [0.2, 0.25) is 5.91 Å². The topological polar surface area (TPSA) is 66.5 Å². The van der Waals surface area contributed by atoms with E-state index in [1.807, 2.05) is 13.8 Å². The Hall–Kier alpha value is -1.86. The van der Waals surface area contributed by atoms with Gasteiger partial charge >= 0.3 is 0 Å². The molecule has 0 bridgehead atoms. The molecule has 2 rings (SSSR count). The van der Waals surface area contributed by atoms with Gasteiger partial charge in [0.05, 0.1) is 10.6 Å². The third kappa shape index (κ3) is 4.58. The van der Waals surface area contributed by atoms with Crippen molar-refractivity contribution in [2.45, 2.75) is 24.8 Å². The highest BCUT2D eigenvalue weighted by molar-refractivity contribution is 9.10. The molecule has 5 nitrogen and oxygen atoms in total. The Kier molecular flexibility index (Phi) is 6.01. The number of sulfonamides is 1. The van der Waals surface area contributed by atoms with Gasteiger partial charge in [-0.05, 0) is 50.2 Å². The number of nitrogens with zero attached hydrogens (tertiary/aromatic N) is 1. The average Bonchev–Trinajstić information content (AvgIpc) is 2.54. The van der Waals surface area contributed by atoms with Gasteiger partial charge in [0.25, 0.3) is 10.0 Å². The van der Waals surface area contributed by atoms with E-state index in [0.717, 1.165) is 8.78 Å². The summed E-state index contributed by atoms with van der Waals surface area (Å²) in [6, 6.07) is 14.8. The van der Waals surface area contributed by atoms with Crippen LogP contribution in [0.5, 0.6) is 0 Å². The van der Waals surface area contributed by atoms with Crippen LogP contribution in [0.3, 0.4) is 0 Å². The maximum atomic E-state index is 13.0. The molecule has 24 heavy (non-hydrogen) atoms. The first-order valence-corrected chi connectivity index (χ1v) is 9.67. The fourth-order valence-corrected chi connectivity index (χ4v) is 3.85. The summed E-state index contributed by atoms with van der Waals surface area (Å²) in [6.07, 6.45) is 0. The molecule has 0 saturated heterocycles. The van der Waals surface area contributed by atoms with Crippen molar-refractivity contribution < 1.29 is 13.2 Å². The maximum Gasteiger partial charge on any atom is 0.264 e. The molecular weight excluding hydrogens is 392 g/mol. The van der Waals surface area contributed by atoms with Crippen molar-refractivity contribution in [2.24, 2.45) is 0 Å². The molecule has 0 aliphatic carbocycles. The summed E-state index contributed by atoms with van der Waals surface area (Å²) >= 11 is 3.33. The summed E-state index contributed by atoms with van der Waals surface area (Å²) in [4.78, 5) is 12.3. The molecule has 0 spiro atoms. The summed E-state index contributed by atoms with van der Waals surface area (Å²) in [5, 5.41) is 2.72. The van der Waals surface area contributed by atoms with E-state index in [1.165, 1.54) is 12.1 Å². The van der Waals surface area contributed by atoms with Gasteiger partial charge in [0, 0.05) is 10.5 Å². The Bertz CT molecular complexity index is 790. The Labute approximate surface area is 150 Å². The van der Waals surface area contributed by atoms with Crippen LogP contribution in [0.15, 0.2) is 64.0 Å². The van der Waals surface area contributed by atoms with Crippen LogP contribution in [-0.4, -0.2) is 26.9 Å². The molecule has 0 aliphatic heterocycles. The number of hydrogen-bond acceptors (Lipinski definition) is 3. The van der Waals surface area contributed by atoms with Crippen LogP contribution in [0.25, 0.3) is 0 Å². The van der Waals surface area contributed by atoms with E-state index >= 15 is 0 Å². The number of carbonyl (C=O) groups excluding carboxylic acids is 1. The summed E-state index contributed by atoms with van der Waals surface area (Å²) in [7, 11) is -3.84. The first-order valence-electron chi connectivity index (χ1n) is 7.43. The zero-order valence-electron chi connectivity index (χ0n) is 13.4. The van der Waals surface area contributed by atoms with E-state index in [4.69, 9.17) is 0 Å². The van der Waals surface area contributed by atoms with Crippen LogP contribution in [0, 0.1) is 0 Å². The Morgan fingerprint density at radius 3 is 2.21 bits per heavy atom. The molecule has 128 valence electrons. The second kappa shape index (κ2) is 7.81. The maximum absolute atomic E-state index is 13.0. The van der Waals surface area contributed by atoms with Crippen molar-refractivity contribution in [3.05, 3.63) is 59.1 Å². The average molecular weight is 411 g/mol. The van der Waals surface area contributed by atoms with Crippen molar-refractivity contribution in [2.75, 3.05) is 10.8 Å². The van der Waals surface area contributed by atoms with E-state index < -0.39 is 10.0 Å². The second-order valence-electron chi connectivity index (χ2n) is 5.52.